The van der Waals surface area contributed by atoms with Gasteiger partial charge in [0.05, 0.1) is 12.0 Å². The van der Waals surface area contributed by atoms with Crippen molar-refractivity contribution in [1.29, 1.82) is 0 Å². The normalized spacial score (nSPS) is 19.4. The number of amides is 1. The van der Waals surface area contributed by atoms with Crippen LogP contribution in [0.2, 0.25) is 0 Å². The minimum atomic E-state index is -0.457. The number of piperidine rings is 1. The maximum Gasteiger partial charge on any atom is 0.223 e. The van der Waals surface area contributed by atoms with E-state index in [1.165, 1.54) is 0 Å². The highest BCUT2D eigenvalue weighted by Crippen LogP contribution is 2.41. The van der Waals surface area contributed by atoms with Crippen molar-refractivity contribution in [3.8, 4) is 5.75 Å². The van der Waals surface area contributed by atoms with E-state index in [0.29, 0.717) is 50.2 Å². The Labute approximate surface area is 141 Å². The van der Waals surface area contributed by atoms with Crippen LogP contribution in [0.5, 0.6) is 5.75 Å². The molecule has 0 aromatic heterocycles. The quantitative estimate of drug-likeness (QED) is 0.779. The first-order valence-electron chi connectivity index (χ1n) is 8.11. The SMILES string of the molecule is Cc1cc(C)c2c(c1)C(=O)CC1(CCN(C(=O)CCCl)CC1)O2. The maximum absolute atomic E-state index is 12.6. The molecule has 23 heavy (non-hydrogen) atoms. The van der Waals surface area contributed by atoms with Crippen molar-refractivity contribution in [2.45, 2.75) is 45.1 Å². The van der Waals surface area contributed by atoms with Crippen molar-refractivity contribution in [2.75, 3.05) is 19.0 Å². The number of hydrogen-bond donors (Lipinski definition) is 0. The fraction of sp³-hybridized carbons (Fsp3) is 0.556. The number of alkyl halides is 1. The molecule has 0 atom stereocenters. The van der Waals surface area contributed by atoms with Crippen LogP contribution < -0.4 is 4.74 Å². The summed E-state index contributed by atoms with van der Waals surface area (Å²) in [6.07, 6.45) is 2.16. The van der Waals surface area contributed by atoms with Crippen molar-refractivity contribution in [3.63, 3.8) is 0 Å². The van der Waals surface area contributed by atoms with E-state index in [1.54, 1.807) is 0 Å². The Bertz CT molecular complexity index is 648. The average Bonchev–Trinajstić information content (AvgIpc) is 2.50. The Kier molecular flexibility index (Phi) is 4.37. The molecule has 2 aliphatic rings. The molecule has 1 saturated heterocycles. The minimum Gasteiger partial charge on any atom is -0.486 e. The van der Waals surface area contributed by atoms with Gasteiger partial charge >= 0.3 is 0 Å². The third-order valence-corrected chi connectivity index (χ3v) is 5.05. The predicted molar refractivity (Wildman–Crippen MR) is 89.4 cm³/mol. The highest BCUT2D eigenvalue weighted by molar-refractivity contribution is 6.18. The maximum atomic E-state index is 12.6. The fourth-order valence-corrected chi connectivity index (χ4v) is 3.78. The molecule has 1 amide bonds. The van der Waals surface area contributed by atoms with Crippen LogP contribution in [-0.4, -0.2) is 41.2 Å². The largest absolute Gasteiger partial charge is 0.486 e. The molecule has 4 nitrogen and oxygen atoms in total. The van der Waals surface area contributed by atoms with Gasteiger partial charge in [-0.3, -0.25) is 9.59 Å². The highest BCUT2D eigenvalue weighted by Gasteiger charge is 2.44. The number of hydrogen-bond acceptors (Lipinski definition) is 3. The Balaban J connectivity index is 1.79. The van der Waals surface area contributed by atoms with E-state index in [-0.39, 0.29) is 11.7 Å². The van der Waals surface area contributed by atoms with Crippen LogP contribution in [0, 0.1) is 13.8 Å². The summed E-state index contributed by atoms with van der Waals surface area (Å²) < 4.78 is 6.32. The van der Waals surface area contributed by atoms with Crippen LogP contribution in [0.25, 0.3) is 0 Å². The van der Waals surface area contributed by atoms with Gasteiger partial charge in [0.15, 0.2) is 5.78 Å². The zero-order chi connectivity index (χ0) is 16.6. The second kappa shape index (κ2) is 6.16. The first kappa shape index (κ1) is 16.3. The van der Waals surface area contributed by atoms with Gasteiger partial charge in [-0.2, -0.15) is 0 Å². The zero-order valence-electron chi connectivity index (χ0n) is 13.7. The Morgan fingerprint density at radius 3 is 2.65 bits per heavy atom. The lowest BCUT2D eigenvalue weighted by Crippen LogP contribution is -2.52. The Hall–Kier alpha value is -1.55. The molecule has 0 aliphatic carbocycles. The number of likely N-dealkylation sites (tertiary alicyclic amines) is 1. The molecule has 0 bridgehead atoms. The Morgan fingerprint density at radius 1 is 1.30 bits per heavy atom. The number of Topliss-reactive ketones (excluding diaryl/α,β-unsaturated/α-hetero) is 1. The molecule has 1 aromatic carbocycles. The van der Waals surface area contributed by atoms with Crippen LogP contribution in [0.15, 0.2) is 12.1 Å². The third kappa shape index (κ3) is 3.09. The molecular formula is C18H22ClNO3. The van der Waals surface area contributed by atoms with Crippen LogP contribution in [-0.2, 0) is 4.79 Å². The second-order valence-electron chi connectivity index (χ2n) is 6.66. The smallest absolute Gasteiger partial charge is 0.223 e. The minimum absolute atomic E-state index is 0.0872. The van der Waals surface area contributed by atoms with Crippen LogP contribution in [0.4, 0.5) is 0 Å². The summed E-state index contributed by atoms with van der Waals surface area (Å²) in [6.45, 7) is 5.23. The number of rotatable bonds is 2. The molecule has 0 saturated carbocycles. The third-order valence-electron chi connectivity index (χ3n) is 4.86. The molecule has 124 valence electrons. The summed E-state index contributed by atoms with van der Waals surface area (Å²) in [5.74, 6) is 1.32. The first-order valence-corrected chi connectivity index (χ1v) is 8.65. The average molecular weight is 336 g/mol. The molecule has 0 radical (unpaired) electrons. The fourth-order valence-electron chi connectivity index (χ4n) is 3.62. The first-order chi connectivity index (χ1) is 10.9. The van der Waals surface area contributed by atoms with Gasteiger partial charge in [-0.25, -0.2) is 0 Å². The van der Waals surface area contributed by atoms with E-state index in [4.69, 9.17) is 16.3 Å². The molecule has 1 aromatic rings. The summed E-state index contributed by atoms with van der Waals surface area (Å²) in [4.78, 5) is 26.4. The highest BCUT2D eigenvalue weighted by atomic mass is 35.5. The van der Waals surface area contributed by atoms with Crippen LogP contribution in [0.1, 0.15) is 47.2 Å². The molecule has 1 spiro atoms. The summed E-state index contributed by atoms with van der Waals surface area (Å²) in [6, 6.07) is 3.96. The molecule has 2 heterocycles. The number of nitrogens with zero attached hydrogens (tertiary/aromatic N) is 1. The van der Waals surface area contributed by atoms with Gasteiger partial charge in [0.1, 0.15) is 11.4 Å². The molecule has 0 N–H and O–H groups in total. The van der Waals surface area contributed by atoms with E-state index in [2.05, 4.69) is 0 Å². The number of fused-ring (bicyclic) bond motifs is 1. The van der Waals surface area contributed by atoms with E-state index in [9.17, 15) is 9.59 Å². The van der Waals surface area contributed by atoms with Gasteiger partial charge in [-0.05, 0) is 31.0 Å². The van der Waals surface area contributed by atoms with Crippen LogP contribution in [0.3, 0.4) is 0 Å². The Morgan fingerprint density at radius 2 is 2.00 bits per heavy atom. The molecule has 2 aliphatic heterocycles. The zero-order valence-corrected chi connectivity index (χ0v) is 14.4. The van der Waals surface area contributed by atoms with Gasteiger partial charge in [0, 0.05) is 38.2 Å². The lowest BCUT2D eigenvalue weighted by atomic mass is 9.81. The second-order valence-corrected chi connectivity index (χ2v) is 7.04. The topological polar surface area (TPSA) is 46.6 Å². The summed E-state index contributed by atoms with van der Waals surface area (Å²) >= 11 is 5.65. The molecular weight excluding hydrogens is 314 g/mol. The molecule has 3 rings (SSSR count). The van der Waals surface area contributed by atoms with Crippen molar-refractivity contribution in [2.24, 2.45) is 0 Å². The number of ketones is 1. The summed E-state index contributed by atoms with van der Waals surface area (Å²) in [5.41, 5.74) is 2.33. The number of aryl methyl sites for hydroxylation is 2. The summed E-state index contributed by atoms with van der Waals surface area (Å²) in [7, 11) is 0. The van der Waals surface area contributed by atoms with E-state index < -0.39 is 5.60 Å². The molecule has 0 unspecified atom stereocenters. The standard InChI is InChI=1S/C18H22ClNO3/c1-12-9-13(2)17-14(10-12)15(21)11-18(23-17)4-7-20(8-5-18)16(22)3-6-19/h9-10H,3-8,11H2,1-2H3. The van der Waals surface area contributed by atoms with Gasteiger partial charge in [0.2, 0.25) is 5.91 Å². The number of carbonyl (C=O) groups is 2. The number of ether oxygens (including phenoxy) is 1. The van der Waals surface area contributed by atoms with Crippen molar-refractivity contribution >= 4 is 23.3 Å². The van der Waals surface area contributed by atoms with Gasteiger partial charge in [-0.15, -0.1) is 11.6 Å². The number of halogens is 1. The summed E-state index contributed by atoms with van der Waals surface area (Å²) in [5, 5.41) is 0. The number of carbonyl (C=O) groups excluding carboxylic acids is 2. The monoisotopic (exact) mass is 335 g/mol. The van der Waals surface area contributed by atoms with Gasteiger partial charge in [-0.1, -0.05) is 6.07 Å². The van der Waals surface area contributed by atoms with Gasteiger partial charge in [0.25, 0.3) is 0 Å². The molecule has 5 heteroatoms. The lowest BCUT2D eigenvalue weighted by Gasteiger charge is -2.44. The van der Waals surface area contributed by atoms with Crippen molar-refractivity contribution < 1.29 is 14.3 Å². The van der Waals surface area contributed by atoms with E-state index in [0.717, 1.165) is 16.9 Å². The predicted octanol–water partition coefficient (Wildman–Crippen LogP) is 3.26. The molecule has 1 fully saturated rings. The van der Waals surface area contributed by atoms with Crippen molar-refractivity contribution in [1.82, 2.24) is 4.90 Å². The number of benzene rings is 1. The van der Waals surface area contributed by atoms with Gasteiger partial charge < -0.3 is 9.64 Å². The van der Waals surface area contributed by atoms with Crippen molar-refractivity contribution in [3.05, 3.63) is 28.8 Å². The van der Waals surface area contributed by atoms with E-state index >= 15 is 0 Å². The lowest BCUT2D eigenvalue weighted by molar-refractivity contribution is -0.134. The van der Waals surface area contributed by atoms with Crippen LogP contribution >= 0.6 is 11.6 Å². The van der Waals surface area contributed by atoms with E-state index in [1.807, 2.05) is 30.9 Å².